The van der Waals surface area contributed by atoms with E-state index in [4.69, 9.17) is 0 Å². The summed E-state index contributed by atoms with van der Waals surface area (Å²) >= 11 is 0. The normalized spacial score (nSPS) is 20.2. The largest absolute Gasteiger partial charge is 0.386 e. The predicted octanol–water partition coefficient (Wildman–Crippen LogP) is 1.95. The standard InChI is InChI=1S/C17H26FN3O3S.HI/c1-4-19-16(21-9-10-25(23,24)17(2,3)12-21)20-11-15(22)13-7-5-6-8-14(13)18;/h5-8,15,22H,4,9-12H2,1-3H3,(H,19,20);1H. The first kappa shape index (κ1) is 23.1. The van der Waals surface area contributed by atoms with E-state index in [9.17, 15) is 17.9 Å². The molecule has 2 N–H and O–H groups in total. The molecule has 0 spiro atoms. The summed E-state index contributed by atoms with van der Waals surface area (Å²) in [6, 6.07) is 6.05. The second-order valence-electron chi connectivity index (χ2n) is 6.73. The minimum atomic E-state index is -3.15. The topological polar surface area (TPSA) is 82.0 Å². The molecule has 0 radical (unpaired) electrons. The van der Waals surface area contributed by atoms with Crippen LogP contribution in [0.1, 0.15) is 32.4 Å². The number of nitrogens with one attached hydrogen (secondary N) is 1. The fraction of sp³-hybridized carbons (Fsp3) is 0.588. The Morgan fingerprint density at radius 3 is 2.65 bits per heavy atom. The Kier molecular flexibility index (Phi) is 8.28. The lowest BCUT2D eigenvalue weighted by molar-refractivity contribution is 0.181. The minimum absolute atomic E-state index is 0. The lowest BCUT2D eigenvalue weighted by atomic mass is 10.1. The van der Waals surface area contributed by atoms with Crippen molar-refractivity contribution in [2.75, 3.05) is 31.9 Å². The highest BCUT2D eigenvalue weighted by Gasteiger charge is 2.41. The summed E-state index contributed by atoms with van der Waals surface area (Å²) in [6.07, 6.45) is -1.06. The van der Waals surface area contributed by atoms with Crippen LogP contribution in [0.5, 0.6) is 0 Å². The van der Waals surface area contributed by atoms with Gasteiger partial charge in [-0.2, -0.15) is 0 Å². The van der Waals surface area contributed by atoms with Crippen molar-refractivity contribution in [2.45, 2.75) is 31.6 Å². The molecule has 148 valence electrons. The highest BCUT2D eigenvalue weighted by Crippen LogP contribution is 2.24. The van der Waals surface area contributed by atoms with Gasteiger partial charge in [0.1, 0.15) is 11.9 Å². The highest BCUT2D eigenvalue weighted by molar-refractivity contribution is 14.0. The van der Waals surface area contributed by atoms with Crippen molar-refractivity contribution in [3.63, 3.8) is 0 Å². The smallest absolute Gasteiger partial charge is 0.194 e. The lowest BCUT2D eigenvalue weighted by Crippen LogP contribution is -2.57. The Labute approximate surface area is 171 Å². The molecule has 1 fully saturated rings. The van der Waals surface area contributed by atoms with E-state index in [1.54, 1.807) is 26.0 Å². The number of aliphatic hydroxyl groups is 1. The third-order valence-corrected chi connectivity index (χ3v) is 6.89. The average molecular weight is 499 g/mol. The molecule has 0 bridgehead atoms. The average Bonchev–Trinajstić information content (AvgIpc) is 2.54. The van der Waals surface area contributed by atoms with Gasteiger partial charge in [0, 0.05) is 25.2 Å². The molecule has 1 atom stereocenters. The molecule has 1 saturated heterocycles. The Bertz CT molecular complexity index is 741. The van der Waals surface area contributed by atoms with Gasteiger partial charge < -0.3 is 15.3 Å². The molecule has 0 saturated carbocycles. The molecule has 1 aromatic rings. The maximum Gasteiger partial charge on any atom is 0.194 e. The van der Waals surface area contributed by atoms with Gasteiger partial charge in [0.2, 0.25) is 0 Å². The zero-order chi connectivity index (χ0) is 18.7. The van der Waals surface area contributed by atoms with Crippen molar-refractivity contribution in [3.8, 4) is 0 Å². The second kappa shape index (κ2) is 9.32. The van der Waals surface area contributed by atoms with E-state index in [-0.39, 0.29) is 41.8 Å². The van der Waals surface area contributed by atoms with Gasteiger partial charge in [-0.05, 0) is 26.8 Å². The molecule has 1 heterocycles. The van der Waals surface area contributed by atoms with Crippen molar-refractivity contribution in [3.05, 3.63) is 35.6 Å². The number of aliphatic hydroxyl groups excluding tert-OH is 1. The zero-order valence-corrected chi connectivity index (χ0v) is 18.4. The van der Waals surface area contributed by atoms with Crippen LogP contribution in [-0.2, 0) is 9.84 Å². The zero-order valence-electron chi connectivity index (χ0n) is 15.3. The molecule has 26 heavy (non-hydrogen) atoms. The van der Waals surface area contributed by atoms with E-state index >= 15 is 0 Å². The maximum absolute atomic E-state index is 13.8. The number of halogens is 2. The molecule has 0 aromatic heterocycles. The van der Waals surface area contributed by atoms with Crippen LogP contribution in [-0.4, -0.2) is 61.1 Å². The first-order chi connectivity index (χ1) is 11.7. The Morgan fingerprint density at radius 1 is 1.42 bits per heavy atom. The summed E-state index contributed by atoms with van der Waals surface area (Å²) in [5.41, 5.74) is 0.198. The predicted molar refractivity (Wildman–Crippen MR) is 112 cm³/mol. The van der Waals surface area contributed by atoms with Crippen LogP contribution in [0.15, 0.2) is 29.3 Å². The maximum atomic E-state index is 13.8. The number of sulfone groups is 1. The minimum Gasteiger partial charge on any atom is -0.386 e. The number of nitrogens with zero attached hydrogens (tertiary/aromatic N) is 2. The van der Waals surface area contributed by atoms with Crippen LogP contribution < -0.4 is 5.32 Å². The van der Waals surface area contributed by atoms with Gasteiger partial charge >= 0.3 is 0 Å². The first-order valence-electron chi connectivity index (χ1n) is 8.36. The van der Waals surface area contributed by atoms with Gasteiger partial charge in [-0.1, -0.05) is 18.2 Å². The lowest BCUT2D eigenvalue weighted by Gasteiger charge is -2.39. The second-order valence-corrected chi connectivity index (χ2v) is 9.47. The number of rotatable bonds is 4. The number of hydrogen-bond donors (Lipinski definition) is 2. The Hall–Kier alpha value is -0.940. The number of benzene rings is 1. The van der Waals surface area contributed by atoms with Crippen molar-refractivity contribution in [1.82, 2.24) is 10.2 Å². The summed E-state index contributed by atoms with van der Waals surface area (Å²) in [5, 5.41) is 13.3. The molecule has 6 nitrogen and oxygen atoms in total. The quantitative estimate of drug-likeness (QED) is 0.376. The van der Waals surface area contributed by atoms with Crippen molar-refractivity contribution >= 4 is 39.8 Å². The van der Waals surface area contributed by atoms with Crippen LogP contribution in [0.3, 0.4) is 0 Å². The molecule has 0 amide bonds. The van der Waals surface area contributed by atoms with Crippen LogP contribution in [0, 0.1) is 5.82 Å². The van der Waals surface area contributed by atoms with Gasteiger partial charge in [0.15, 0.2) is 15.8 Å². The monoisotopic (exact) mass is 499 g/mol. The third-order valence-electron chi connectivity index (χ3n) is 4.36. The van der Waals surface area contributed by atoms with E-state index in [1.165, 1.54) is 12.1 Å². The van der Waals surface area contributed by atoms with Crippen LogP contribution in [0.25, 0.3) is 0 Å². The number of hydrogen-bond acceptors (Lipinski definition) is 4. The molecule has 9 heteroatoms. The van der Waals surface area contributed by atoms with E-state index in [2.05, 4.69) is 10.3 Å². The third kappa shape index (κ3) is 5.29. The number of aliphatic imine (C=N–C) groups is 1. The summed E-state index contributed by atoms with van der Waals surface area (Å²) in [4.78, 5) is 6.26. The van der Waals surface area contributed by atoms with E-state index < -0.39 is 26.5 Å². The van der Waals surface area contributed by atoms with Gasteiger partial charge in [0.05, 0.1) is 17.0 Å². The molecule has 0 aliphatic carbocycles. The van der Waals surface area contributed by atoms with Gasteiger partial charge in [-0.15, -0.1) is 24.0 Å². The molecule has 1 aromatic carbocycles. The van der Waals surface area contributed by atoms with Gasteiger partial charge in [-0.3, -0.25) is 4.99 Å². The van der Waals surface area contributed by atoms with E-state index in [1.807, 2.05) is 11.8 Å². The molecule has 1 unspecified atom stereocenters. The highest BCUT2D eigenvalue weighted by atomic mass is 127. The number of guanidine groups is 1. The molecule has 2 rings (SSSR count). The molecule has 1 aliphatic rings. The van der Waals surface area contributed by atoms with Crippen LogP contribution >= 0.6 is 24.0 Å². The van der Waals surface area contributed by atoms with E-state index in [0.717, 1.165) is 0 Å². The van der Waals surface area contributed by atoms with Crippen LogP contribution in [0.2, 0.25) is 0 Å². The molecular formula is C17H27FIN3O3S. The Morgan fingerprint density at radius 2 is 2.08 bits per heavy atom. The first-order valence-corrected chi connectivity index (χ1v) is 10.0. The fourth-order valence-corrected chi connectivity index (χ4v) is 4.13. The summed E-state index contributed by atoms with van der Waals surface area (Å²) < 4.78 is 37.2. The fourth-order valence-electron chi connectivity index (χ4n) is 2.77. The Balaban J connectivity index is 0.00000338. The SMILES string of the molecule is CCNC(=NCC(O)c1ccccc1F)N1CCS(=O)(=O)C(C)(C)C1.I. The molecular weight excluding hydrogens is 472 g/mol. The molecule has 1 aliphatic heterocycles. The summed E-state index contributed by atoms with van der Waals surface area (Å²) in [6.45, 7) is 6.57. The van der Waals surface area contributed by atoms with Gasteiger partial charge in [0.25, 0.3) is 0 Å². The summed E-state index contributed by atoms with van der Waals surface area (Å²) in [5.74, 6) is 0.113. The van der Waals surface area contributed by atoms with Crippen molar-refractivity contribution in [2.24, 2.45) is 4.99 Å². The van der Waals surface area contributed by atoms with Crippen molar-refractivity contribution in [1.29, 1.82) is 0 Å². The summed E-state index contributed by atoms with van der Waals surface area (Å²) in [7, 11) is -3.15. The van der Waals surface area contributed by atoms with Crippen LogP contribution in [0.4, 0.5) is 4.39 Å². The van der Waals surface area contributed by atoms with Crippen molar-refractivity contribution < 1.29 is 17.9 Å². The van der Waals surface area contributed by atoms with E-state index in [0.29, 0.717) is 25.6 Å². The van der Waals surface area contributed by atoms with Gasteiger partial charge in [-0.25, -0.2) is 12.8 Å².